The molecule has 1 aromatic heterocycles. The molecule has 0 atom stereocenters. The van der Waals surface area contributed by atoms with Crippen molar-refractivity contribution in [3.05, 3.63) is 28.9 Å². The van der Waals surface area contributed by atoms with Gasteiger partial charge in [-0.15, -0.1) is 0 Å². The number of hydrogen-bond donors (Lipinski definition) is 0. The van der Waals surface area contributed by atoms with Crippen LogP contribution in [-0.2, 0) is 0 Å². The monoisotopic (exact) mass is 178 g/mol. The van der Waals surface area contributed by atoms with Gasteiger partial charge in [0.05, 0.1) is 28.2 Å². The molecule has 0 amide bonds. The van der Waals surface area contributed by atoms with Gasteiger partial charge in [0.2, 0.25) is 0 Å². The molecule has 1 heterocycles. The van der Waals surface area contributed by atoms with E-state index in [1.54, 1.807) is 12.1 Å². The molecule has 2 aromatic rings. The molecule has 0 fully saturated rings. The third-order valence-corrected chi connectivity index (χ3v) is 1.89. The van der Waals surface area contributed by atoms with Crippen molar-refractivity contribution < 1.29 is 4.52 Å². The van der Waals surface area contributed by atoms with Gasteiger partial charge in [-0.25, -0.2) is 0 Å². The Bertz CT molecular complexity index is 469. The van der Waals surface area contributed by atoms with Gasteiger partial charge in [0.15, 0.2) is 5.58 Å². The highest BCUT2D eigenvalue weighted by molar-refractivity contribution is 6.34. The number of benzene rings is 1. The first-order valence-electron chi connectivity index (χ1n) is 3.26. The van der Waals surface area contributed by atoms with E-state index in [4.69, 9.17) is 21.4 Å². The number of nitriles is 1. The number of halogens is 1. The van der Waals surface area contributed by atoms with Crippen molar-refractivity contribution in [1.82, 2.24) is 5.16 Å². The molecule has 0 spiro atoms. The van der Waals surface area contributed by atoms with Crippen molar-refractivity contribution in [3.8, 4) is 6.07 Å². The molecular formula is C8H3ClN2O. The summed E-state index contributed by atoms with van der Waals surface area (Å²) < 4.78 is 4.86. The van der Waals surface area contributed by atoms with Gasteiger partial charge in [0.25, 0.3) is 0 Å². The van der Waals surface area contributed by atoms with E-state index in [0.29, 0.717) is 21.6 Å². The van der Waals surface area contributed by atoms with Gasteiger partial charge in [-0.2, -0.15) is 5.26 Å². The molecule has 0 N–H and O–H groups in total. The summed E-state index contributed by atoms with van der Waals surface area (Å²) in [6.45, 7) is 0. The molecule has 58 valence electrons. The zero-order chi connectivity index (χ0) is 8.55. The minimum atomic E-state index is 0.468. The van der Waals surface area contributed by atoms with Crippen molar-refractivity contribution in [2.24, 2.45) is 0 Å². The lowest BCUT2D eigenvalue weighted by Crippen LogP contribution is -1.74. The van der Waals surface area contributed by atoms with Crippen molar-refractivity contribution in [2.45, 2.75) is 0 Å². The van der Waals surface area contributed by atoms with Gasteiger partial charge in [-0.3, -0.25) is 0 Å². The summed E-state index contributed by atoms with van der Waals surface area (Å²) in [6, 6.07) is 5.28. The summed E-state index contributed by atoms with van der Waals surface area (Å²) in [6.07, 6.45) is 1.49. The summed E-state index contributed by atoms with van der Waals surface area (Å²) in [5.41, 5.74) is 0.992. The van der Waals surface area contributed by atoms with Crippen LogP contribution in [0.25, 0.3) is 11.0 Å². The van der Waals surface area contributed by atoms with Crippen molar-refractivity contribution >= 4 is 22.6 Å². The largest absolute Gasteiger partial charge is 0.355 e. The molecule has 3 nitrogen and oxygen atoms in total. The lowest BCUT2D eigenvalue weighted by Gasteiger charge is -1.91. The fraction of sp³-hybridized carbons (Fsp3) is 0. The Morgan fingerprint density at radius 3 is 3.08 bits per heavy atom. The highest BCUT2D eigenvalue weighted by Gasteiger charge is 2.07. The van der Waals surface area contributed by atoms with Gasteiger partial charge < -0.3 is 4.52 Å². The first-order chi connectivity index (χ1) is 5.83. The summed E-state index contributed by atoms with van der Waals surface area (Å²) >= 11 is 5.78. The lowest BCUT2D eigenvalue weighted by molar-refractivity contribution is 0.456. The second-order valence-corrected chi connectivity index (χ2v) is 2.68. The second-order valence-electron chi connectivity index (χ2n) is 2.28. The first kappa shape index (κ1) is 7.14. The van der Waals surface area contributed by atoms with E-state index < -0.39 is 0 Å². The molecule has 0 bridgehead atoms. The zero-order valence-electron chi connectivity index (χ0n) is 5.91. The number of aromatic nitrogens is 1. The molecule has 0 saturated heterocycles. The van der Waals surface area contributed by atoms with E-state index >= 15 is 0 Å². The summed E-state index contributed by atoms with van der Waals surface area (Å²) in [5, 5.41) is 13.4. The zero-order valence-corrected chi connectivity index (χ0v) is 6.67. The first-order valence-corrected chi connectivity index (χ1v) is 3.63. The van der Waals surface area contributed by atoms with Crippen LogP contribution < -0.4 is 0 Å². The Balaban J connectivity index is 2.94. The molecule has 0 saturated carbocycles. The normalized spacial score (nSPS) is 10.0. The predicted octanol–water partition coefficient (Wildman–Crippen LogP) is 2.35. The third-order valence-electron chi connectivity index (χ3n) is 1.59. The van der Waals surface area contributed by atoms with Crippen LogP contribution in [0.5, 0.6) is 0 Å². The lowest BCUT2D eigenvalue weighted by atomic mass is 10.1. The molecule has 0 radical (unpaired) electrons. The summed E-state index contributed by atoms with van der Waals surface area (Å²) in [4.78, 5) is 0. The predicted molar refractivity (Wildman–Crippen MR) is 43.7 cm³/mol. The Morgan fingerprint density at radius 1 is 1.50 bits per heavy atom. The Labute approximate surface area is 73.1 Å². The minimum Gasteiger partial charge on any atom is -0.355 e. The van der Waals surface area contributed by atoms with Gasteiger partial charge in [0, 0.05) is 0 Å². The highest BCUT2D eigenvalue weighted by Crippen LogP contribution is 2.25. The van der Waals surface area contributed by atoms with Gasteiger partial charge >= 0.3 is 0 Å². The average molecular weight is 179 g/mol. The van der Waals surface area contributed by atoms with Crippen LogP contribution in [0.4, 0.5) is 0 Å². The fourth-order valence-corrected chi connectivity index (χ4v) is 1.22. The molecular weight excluding hydrogens is 176 g/mol. The average Bonchev–Trinajstić information content (AvgIpc) is 2.54. The molecule has 4 heteroatoms. The maximum atomic E-state index is 8.68. The van der Waals surface area contributed by atoms with E-state index in [0.717, 1.165) is 0 Å². The fourth-order valence-electron chi connectivity index (χ4n) is 1.02. The third kappa shape index (κ3) is 0.858. The van der Waals surface area contributed by atoms with Crippen molar-refractivity contribution in [2.75, 3.05) is 0 Å². The van der Waals surface area contributed by atoms with Crippen LogP contribution >= 0.6 is 11.6 Å². The van der Waals surface area contributed by atoms with Crippen LogP contribution in [0.2, 0.25) is 5.02 Å². The minimum absolute atomic E-state index is 0.468. The van der Waals surface area contributed by atoms with Crippen molar-refractivity contribution in [1.29, 1.82) is 5.26 Å². The summed E-state index contributed by atoms with van der Waals surface area (Å²) in [7, 11) is 0. The number of hydrogen-bond acceptors (Lipinski definition) is 3. The van der Waals surface area contributed by atoms with Crippen molar-refractivity contribution in [3.63, 3.8) is 0 Å². The van der Waals surface area contributed by atoms with Crippen LogP contribution in [0.1, 0.15) is 5.56 Å². The van der Waals surface area contributed by atoms with E-state index in [1.165, 1.54) is 6.20 Å². The molecule has 0 unspecified atom stereocenters. The Morgan fingerprint density at radius 2 is 2.33 bits per heavy atom. The topological polar surface area (TPSA) is 49.8 Å². The maximum Gasteiger partial charge on any atom is 0.186 e. The number of fused-ring (bicyclic) bond motifs is 1. The summed E-state index contributed by atoms with van der Waals surface area (Å²) in [5.74, 6) is 0. The Kier molecular flexibility index (Phi) is 1.49. The highest BCUT2D eigenvalue weighted by atomic mass is 35.5. The van der Waals surface area contributed by atoms with Crippen LogP contribution in [0.3, 0.4) is 0 Å². The van der Waals surface area contributed by atoms with E-state index in [2.05, 4.69) is 5.16 Å². The molecule has 1 aromatic carbocycles. The van der Waals surface area contributed by atoms with E-state index in [9.17, 15) is 0 Å². The molecule has 0 aliphatic rings. The molecule has 0 aliphatic carbocycles. The smallest absolute Gasteiger partial charge is 0.186 e. The second kappa shape index (κ2) is 2.50. The van der Waals surface area contributed by atoms with E-state index in [-0.39, 0.29) is 0 Å². The van der Waals surface area contributed by atoms with Crippen LogP contribution in [0, 0.1) is 11.3 Å². The number of rotatable bonds is 0. The van der Waals surface area contributed by atoms with Gasteiger partial charge in [-0.1, -0.05) is 16.8 Å². The van der Waals surface area contributed by atoms with E-state index in [1.807, 2.05) is 6.07 Å². The van der Waals surface area contributed by atoms with Crippen LogP contribution in [-0.4, -0.2) is 5.16 Å². The van der Waals surface area contributed by atoms with Gasteiger partial charge in [-0.05, 0) is 12.1 Å². The van der Waals surface area contributed by atoms with Gasteiger partial charge in [0.1, 0.15) is 0 Å². The van der Waals surface area contributed by atoms with Crippen LogP contribution in [0.15, 0.2) is 22.9 Å². The molecule has 12 heavy (non-hydrogen) atoms. The standard InChI is InChI=1S/C8H3ClN2O/c9-7-2-1-5(3-10)6-4-11-12-8(6)7/h1-2,4H. The molecule has 0 aliphatic heterocycles. The SMILES string of the molecule is N#Cc1ccc(Cl)c2oncc12. The Hall–Kier alpha value is -1.53. The maximum absolute atomic E-state index is 8.68. The number of nitrogens with zero attached hydrogens (tertiary/aromatic N) is 2. The quantitative estimate of drug-likeness (QED) is 0.622. The molecule has 2 rings (SSSR count).